The van der Waals surface area contributed by atoms with E-state index in [2.05, 4.69) is 5.32 Å². The molecule has 1 N–H and O–H groups in total. The Morgan fingerprint density at radius 3 is 2.60 bits per heavy atom. The number of fused-ring (bicyclic) bond motifs is 1. The lowest BCUT2D eigenvalue weighted by atomic mass is 9.89. The third-order valence-corrected chi connectivity index (χ3v) is 6.34. The summed E-state index contributed by atoms with van der Waals surface area (Å²) in [6.45, 7) is 7.33. The number of nitrogens with one attached hydrogen (secondary N) is 1. The predicted molar refractivity (Wildman–Crippen MR) is 115 cm³/mol. The molecule has 1 amide bonds. The second-order valence-corrected chi connectivity index (χ2v) is 10.2. The summed E-state index contributed by atoms with van der Waals surface area (Å²) < 4.78 is 45.5. The third kappa shape index (κ3) is 4.75. The topological polar surface area (TPSA) is 75.7 Å². The second-order valence-electron chi connectivity index (χ2n) is 8.38. The number of ether oxygens (including phenoxy) is 1. The van der Waals surface area contributed by atoms with E-state index in [4.69, 9.17) is 4.74 Å². The van der Waals surface area contributed by atoms with Crippen LogP contribution in [0.2, 0.25) is 0 Å². The number of hydrogen-bond donors (Lipinski definition) is 1. The molecule has 0 aromatic heterocycles. The van der Waals surface area contributed by atoms with Gasteiger partial charge in [0.1, 0.15) is 23.2 Å². The van der Waals surface area contributed by atoms with Gasteiger partial charge in [-0.1, -0.05) is 18.2 Å². The van der Waals surface area contributed by atoms with Crippen LogP contribution in [0.5, 0.6) is 5.75 Å². The lowest BCUT2D eigenvalue weighted by Gasteiger charge is -2.39. The van der Waals surface area contributed by atoms with Gasteiger partial charge in [0.2, 0.25) is 15.9 Å². The molecule has 30 heavy (non-hydrogen) atoms. The number of amides is 1. The summed E-state index contributed by atoms with van der Waals surface area (Å²) in [6, 6.07) is 9.56. The standard InChI is InChI=1S/C22H27FN2O4S/c1-14-9-10-18-19(13-22(3,4)29-20(18)11-14)24-21(26)15(2)25(30(5,27)28)17-8-6-7-16(23)12-17/h6-12,15,19H,13H2,1-5H3,(H,24,26). The van der Waals surface area contributed by atoms with Crippen molar-refractivity contribution < 1.29 is 22.3 Å². The molecule has 0 saturated carbocycles. The fourth-order valence-corrected chi connectivity index (χ4v) is 4.97. The summed E-state index contributed by atoms with van der Waals surface area (Å²) in [5.74, 6) is -0.350. The Kier molecular flexibility index (Phi) is 5.82. The molecule has 2 aromatic carbocycles. The molecule has 1 aliphatic heterocycles. The van der Waals surface area contributed by atoms with Crippen molar-refractivity contribution in [2.75, 3.05) is 10.6 Å². The van der Waals surface area contributed by atoms with E-state index in [0.717, 1.165) is 27.8 Å². The Morgan fingerprint density at radius 1 is 1.27 bits per heavy atom. The van der Waals surface area contributed by atoms with Gasteiger partial charge in [0.15, 0.2) is 0 Å². The number of carbonyl (C=O) groups excluding carboxylic acids is 1. The number of sulfonamides is 1. The highest BCUT2D eigenvalue weighted by Crippen LogP contribution is 2.40. The van der Waals surface area contributed by atoms with E-state index in [1.165, 1.54) is 25.1 Å². The number of aryl methyl sites for hydroxylation is 1. The molecular weight excluding hydrogens is 407 g/mol. The van der Waals surface area contributed by atoms with Crippen LogP contribution in [0.25, 0.3) is 0 Å². The van der Waals surface area contributed by atoms with Gasteiger partial charge in [-0.3, -0.25) is 9.10 Å². The lowest BCUT2D eigenvalue weighted by molar-refractivity contribution is -0.123. The largest absolute Gasteiger partial charge is 0.487 e. The van der Waals surface area contributed by atoms with E-state index in [0.29, 0.717) is 12.2 Å². The monoisotopic (exact) mass is 434 g/mol. The summed E-state index contributed by atoms with van der Waals surface area (Å²) in [4.78, 5) is 13.1. The van der Waals surface area contributed by atoms with E-state index >= 15 is 0 Å². The normalized spacial score (nSPS) is 18.7. The van der Waals surface area contributed by atoms with Crippen LogP contribution in [0.1, 0.15) is 44.4 Å². The van der Waals surface area contributed by atoms with Crippen molar-refractivity contribution in [2.24, 2.45) is 0 Å². The molecule has 0 spiro atoms. The first-order chi connectivity index (χ1) is 13.9. The molecule has 8 heteroatoms. The molecule has 1 heterocycles. The highest BCUT2D eigenvalue weighted by molar-refractivity contribution is 7.92. The molecular formula is C22H27FN2O4S. The van der Waals surface area contributed by atoms with Crippen molar-refractivity contribution in [1.82, 2.24) is 5.32 Å². The quantitative estimate of drug-likeness (QED) is 0.779. The van der Waals surface area contributed by atoms with Gasteiger partial charge < -0.3 is 10.1 Å². The molecule has 162 valence electrons. The van der Waals surface area contributed by atoms with Gasteiger partial charge in [-0.2, -0.15) is 0 Å². The van der Waals surface area contributed by atoms with Crippen molar-refractivity contribution in [2.45, 2.75) is 51.8 Å². The Labute approximate surface area is 177 Å². The number of anilines is 1. The fraction of sp³-hybridized carbons (Fsp3) is 0.409. The highest BCUT2D eigenvalue weighted by atomic mass is 32.2. The first kappa shape index (κ1) is 22.1. The maximum Gasteiger partial charge on any atom is 0.244 e. The molecule has 0 radical (unpaired) electrons. The average Bonchev–Trinajstić information content (AvgIpc) is 2.59. The predicted octanol–water partition coefficient (Wildman–Crippen LogP) is 3.71. The van der Waals surface area contributed by atoms with Crippen molar-refractivity contribution in [3.05, 3.63) is 59.4 Å². The van der Waals surface area contributed by atoms with E-state index in [1.54, 1.807) is 0 Å². The number of halogens is 1. The van der Waals surface area contributed by atoms with Crippen LogP contribution < -0.4 is 14.4 Å². The average molecular weight is 435 g/mol. The van der Waals surface area contributed by atoms with Crippen LogP contribution in [0.15, 0.2) is 42.5 Å². The molecule has 2 aromatic rings. The Bertz CT molecular complexity index is 1070. The molecule has 6 nitrogen and oxygen atoms in total. The molecule has 3 rings (SSSR count). The maximum atomic E-state index is 13.7. The molecule has 1 aliphatic rings. The Morgan fingerprint density at radius 2 is 1.97 bits per heavy atom. The number of nitrogens with zero attached hydrogens (tertiary/aromatic N) is 1. The van der Waals surface area contributed by atoms with E-state index in [1.807, 2.05) is 39.0 Å². The van der Waals surface area contributed by atoms with Crippen LogP contribution in [0, 0.1) is 12.7 Å². The number of hydrogen-bond acceptors (Lipinski definition) is 4. The zero-order valence-corrected chi connectivity index (χ0v) is 18.6. The molecule has 2 unspecified atom stereocenters. The summed E-state index contributed by atoms with van der Waals surface area (Å²) in [7, 11) is -3.83. The molecule has 0 fully saturated rings. The van der Waals surface area contributed by atoms with Gasteiger partial charge in [0.05, 0.1) is 18.0 Å². The highest BCUT2D eigenvalue weighted by Gasteiger charge is 2.37. The maximum absolute atomic E-state index is 13.7. The molecule has 0 saturated heterocycles. The van der Waals surface area contributed by atoms with Crippen molar-refractivity contribution >= 4 is 21.6 Å². The summed E-state index contributed by atoms with van der Waals surface area (Å²) in [5, 5.41) is 2.97. The van der Waals surface area contributed by atoms with Crippen LogP contribution in [0.4, 0.5) is 10.1 Å². The fourth-order valence-electron chi connectivity index (χ4n) is 3.80. The van der Waals surface area contributed by atoms with Gasteiger partial charge in [0.25, 0.3) is 0 Å². The number of carbonyl (C=O) groups is 1. The van der Waals surface area contributed by atoms with Crippen molar-refractivity contribution in [3.63, 3.8) is 0 Å². The van der Waals surface area contributed by atoms with Gasteiger partial charge >= 0.3 is 0 Å². The van der Waals surface area contributed by atoms with Crippen molar-refractivity contribution in [3.8, 4) is 5.75 Å². The van der Waals surface area contributed by atoms with Gasteiger partial charge in [-0.15, -0.1) is 0 Å². The molecule has 0 aliphatic carbocycles. The minimum atomic E-state index is -3.83. The smallest absolute Gasteiger partial charge is 0.244 e. The van der Waals surface area contributed by atoms with E-state index < -0.39 is 33.4 Å². The van der Waals surface area contributed by atoms with Crippen LogP contribution >= 0.6 is 0 Å². The first-order valence-electron chi connectivity index (χ1n) is 9.72. The molecule has 0 bridgehead atoms. The van der Waals surface area contributed by atoms with Gasteiger partial charge in [0, 0.05) is 12.0 Å². The summed E-state index contributed by atoms with van der Waals surface area (Å²) in [5.41, 5.74) is 1.49. The van der Waals surface area contributed by atoms with Crippen LogP contribution in [-0.2, 0) is 14.8 Å². The zero-order valence-electron chi connectivity index (χ0n) is 17.8. The lowest BCUT2D eigenvalue weighted by Crippen LogP contribution is -2.50. The molecule has 2 atom stereocenters. The van der Waals surface area contributed by atoms with E-state index in [-0.39, 0.29) is 11.7 Å². The van der Waals surface area contributed by atoms with Crippen LogP contribution in [-0.4, -0.2) is 32.2 Å². The van der Waals surface area contributed by atoms with Crippen LogP contribution in [0.3, 0.4) is 0 Å². The summed E-state index contributed by atoms with van der Waals surface area (Å²) >= 11 is 0. The number of benzene rings is 2. The second kappa shape index (κ2) is 7.91. The van der Waals surface area contributed by atoms with Gasteiger partial charge in [-0.05, 0) is 57.5 Å². The number of rotatable bonds is 5. The summed E-state index contributed by atoms with van der Waals surface area (Å²) in [6.07, 6.45) is 1.53. The SMILES string of the molecule is Cc1ccc2c(c1)OC(C)(C)CC2NC(=O)C(C)N(c1cccc(F)c1)S(C)(=O)=O. The van der Waals surface area contributed by atoms with E-state index in [9.17, 15) is 17.6 Å². The Balaban J connectivity index is 1.91. The first-order valence-corrected chi connectivity index (χ1v) is 11.6. The Hall–Kier alpha value is -2.61. The van der Waals surface area contributed by atoms with Gasteiger partial charge in [-0.25, -0.2) is 12.8 Å². The van der Waals surface area contributed by atoms with Crippen molar-refractivity contribution in [1.29, 1.82) is 0 Å². The minimum Gasteiger partial charge on any atom is -0.487 e. The third-order valence-electron chi connectivity index (χ3n) is 5.09. The minimum absolute atomic E-state index is 0.100. The zero-order chi connectivity index (χ0) is 22.3.